The lowest BCUT2D eigenvalue weighted by Gasteiger charge is -2.35. The molecule has 1 aromatic carbocycles. The molecular formula is C16H20N2. The van der Waals surface area contributed by atoms with Gasteiger partial charge in [0, 0.05) is 17.8 Å². The maximum Gasteiger partial charge on any atom is 0.0456 e. The molecule has 2 atom stereocenters. The number of H-pyrrole nitrogens is 1. The van der Waals surface area contributed by atoms with Crippen LogP contribution in [0.1, 0.15) is 37.2 Å². The number of benzene rings is 1. The molecule has 1 N–H and O–H groups in total. The molecule has 0 unspecified atom stereocenters. The Morgan fingerprint density at radius 2 is 2.11 bits per heavy atom. The van der Waals surface area contributed by atoms with Gasteiger partial charge in [0.15, 0.2) is 0 Å². The summed E-state index contributed by atoms with van der Waals surface area (Å²) < 4.78 is 0. The number of hydrogen-bond donors (Lipinski definition) is 1. The van der Waals surface area contributed by atoms with Gasteiger partial charge in [-0.2, -0.15) is 0 Å². The molecule has 0 bridgehead atoms. The highest BCUT2D eigenvalue weighted by atomic mass is 15.2. The van der Waals surface area contributed by atoms with Crippen molar-refractivity contribution >= 4 is 10.9 Å². The molecule has 4 rings (SSSR count). The van der Waals surface area contributed by atoms with E-state index < -0.39 is 0 Å². The highest BCUT2D eigenvalue weighted by Crippen LogP contribution is 2.36. The lowest BCUT2D eigenvalue weighted by Crippen LogP contribution is -2.37. The van der Waals surface area contributed by atoms with E-state index in [1.54, 1.807) is 0 Å². The molecule has 0 saturated carbocycles. The fourth-order valence-corrected chi connectivity index (χ4v) is 3.85. The van der Waals surface area contributed by atoms with Gasteiger partial charge in [-0.15, -0.1) is 0 Å². The number of nitrogens with zero attached hydrogens (tertiary/aromatic N) is 1. The van der Waals surface area contributed by atoms with E-state index in [1.807, 2.05) is 6.20 Å². The predicted molar refractivity (Wildman–Crippen MR) is 74.9 cm³/mol. The Labute approximate surface area is 108 Å². The highest BCUT2D eigenvalue weighted by molar-refractivity contribution is 5.80. The van der Waals surface area contributed by atoms with Gasteiger partial charge in [-0.3, -0.25) is 0 Å². The average molecular weight is 240 g/mol. The first-order valence-corrected chi connectivity index (χ1v) is 7.21. The van der Waals surface area contributed by atoms with Crippen molar-refractivity contribution in [1.82, 2.24) is 9.88 Å². The molecule has 18 heavy (non-hydrogen) atoms. The van der Waals surface area contributed by atoms with Crippen molar-refractivity contribution in [2.24, 2.45) is 0 Å². The largest absolute Gasteiger partial charge is 0.361 e. The predicted octanol–water partition coefficient (Wildman–Crippen LogP) is 3.51. The Morgan fingerprint density at radius 1 is 1.11 bits per heavy atom. The van der Waals surface area contributed by atoms with Crippen molar-refractivity contribution in [3.63, 3.8) is 0 Å². The van der Waals surface area contributed by atoms with E-state index in [1.165, 1.54) is 55.2 Å². The third kappa shape index (κ3) is 1.67. The Hall–Kier alpha value is -1.28. The zero-order valence-corrected chi connectivity index (χ0v) is 10.7. The Bertz CT molecular complexity index is 557. The first-order chi connectivity index (χ1) is 8.90. The van der Waals surface area contributed by atoms with Crippen molar-refractivity contribution in [2.45, 2.75) is 37.6 Å². The topological polar surface area (TPSA) is 19.0 Å². The van der Waals surface area contributed by atoms with E-state index in [4.69, 9.17) is 0 Å². The van der Waals surface area contributed by atoms with Gasteiger partial charge in [0.25, 0.3) is 0 Å². The smallest absolute Gasteiger partial charge is 0.0456 e. The lowest BCUT2D eigenvalue weighted by molar-refractivity contribution is 0.181. The minimum absolute atomic E-state index is 0.775. The Kier molecular flexibility index (Phi) is 2.44. The van der Waals surface area contributed by atoms with Crippen LogP contribution >= 0.6 is 0 Å². The van der Waals surface area contributed by atoms with Crippen LogP contribution in [0.4, 0.5) is 0 Å². The van der Waals surface area contributed by atoms with Gasteiger partial charge in [-0.05, 0) is 67.8 Å². The number of aromatic nitrogens is 1. The molecule has 0 spiro atoms. The number of rotatable bonds is 1. The first-order valence-electron chi connectivity index (χ1n) is 7.21. The van der Waals surface area contributed by atoms with Crippen LogP contribution < -0.4 is 0 Å². The summed E-state index contributed by atoms with van der Waals surface area (Å²) in [6.45, 7) is 2.64. The van der Waals surface area contributed by atoms with Gasteiger partial charge >= 0.3 is 0 Å². The van der Waals surface area contributed by atoms with Gasteiger partial charge in [-0.25, -0.2) is 0 Å². The second-order valence-corrected chi connectivity index (χ2v) is 5.88. The van der Waals surface area contributed by atoms with Crippen LogP contribution in [0, 0.1) is 0 Å². The summed E-state index contributed by atoms with van der Waals surface area (Å²) in [7, 11) is 0. The van der Waals surface area contributed by atoms with E-state index in [9.17, 15) is 0 Å². The summed E-state index contributed by atoms with van der Waals surface area (Å²) in [5.41, 5.74) is 2.83. The molecule has 0 radical (unpaired) electrons. The number of aromatic amines is 1. The Balaban J connectivity index is 1.62. The van der Waals surface area contributed by atoms with Gasteiger partial charge in [0.1, 0.15) is 0 Å². The maximum atomic E-state index is 3.33. The molecule has 2 aromatic rings. The van der Waals surface area contributed by atoms with Gasteiger partial charge < -0.3 is 9.88 Å². The van der Waals surface area contributed by atoms with Crippen LogP contribution in [-0.2, 0) is 0 Å². The second kappa shape index (κ2) is 4.13. The second-order valence-electron chi connectivity index (χ2n) is 5.88. The number of piperidine rings is 1. The quantitative estimate of drug-likeness (QED) is 0.808. The molecular weight excluding hydrogens is 220 g/mol. The van der Waals surface area contributed by atoms with E-state index in [2.05, 4.69) is 34.1 Å². The summed E-state index contributed by atoms with van der Waals surface area (Å²) in [4.78, 5) is 6.03. The molecule has 0 amide bonds. The average Bonchev–Trinajstić information content (AvgIpc) is 3.05. The van der Waals surface area contributed by atoms with E-state index in [0.29, 0.717) is 0 Å². The van der Waals surface area contributed by atoms with Crippen LogP contribution in [0.2, 0.25) is 0 Å². The maximum absolute atomic E-state index is 3.33. The molecule has 3 heterocycles. The van der Waals surface area contributed by atoms with Gasteiger partial charge in [0.05, 0.1) is 0 Å². The van der Waals surface area contributed by atoms with Gasteiger partial charge in [-0.1, -0.05) is 12.1 Å². The molecule has 2 heteroatoms. The summed E-state index contributed by atoms with van der Waals surface area (Å²) in [5.74, 6) is 0.775. The summed E-state index contributed by atoms with van der Waals surface area (Å²) in [5, 5.41) is 1.33. The third-order valence-corrected chi connectivity index (χ3v) is 4.87. The molecule has 1 aromatic heterocycles. The molecule has 0 aliphatic carbocycles. The van der Waals surface area contributed by atoms with Crippen molar-refractivity contribution in [3.8, 4) is 0 Å². The number of hydrogen-bond acceptors (Lipinski definition) is 1. The molecule has 2 aliphatic heterocycles. The SMILES string of the molecule is c1cc2ccc([C@@H]3CCN4CCC[C@H]4C3)cc2[nH]1. The number of nitrogens with one attached hydrogen (secondary N) is 1. The van der Waals surface area contributed by atoms with Crippen molar-refractivity contribution in [3.05, 3.63) is 36.0 Å². The van der Waals surface area contributed by atoms with Crippen molar-refractivity contribution < 1.29 is 0 Å². The Morgan fingerprint density at radius 3 is 3.11 bits per heavy atom. The normalized spacial score (nSPS) is 28.7. The summed E-state index contributed by atoms with van der Waals surface area (Å²) >= 11 is 0. The zero-order valence-electron chi connectivity index (χ0n) is 10.7. The van der Waals surface area contributed by atoms with Crippen molar-refractivity contribution in [2.75, 3.05) is 13.1 Å². The fourth-order valence-electron chi connectivity index (χ4n) is 3.85. The minimum Gasteiger partial charge on any atom is -0.361 e. The monoisotopic (exact) mass is 240 g/mol. The summed E-state index contributed by atoms with van der Waals surface area (Å²) in [6, 6.07) is 9.99. The van der Waals surface area contributed by atoms with Gasteiger partial charge in [0.2, 0.25) is 0 Å². The first kappa shape index (κ1) is 10.6. The van der Waals surface area contributed by atoms with E-state index in [0.717, 1.165) is 12.0 Å². The molecule has 2 saturated heterocycles. The van der Waals surface area contributed by atoms with E-state index >= 15 is 0 Å². The fraction of sp³-hybridized carbons (Fsp3) is 0.500. The lowest BCUT2D eigenvalue weighted by atomic mass is 9.85. The molecule has 2 aliphatic rings. The zero-order chi connectivity index (χ0) is 11.9. The summed E-state index contributed by atoms with van der Waals surface area (Å²) in [6.07, 6.45) is 7.57. The van der Waals surface area contributed by atoms with Crippen LogP contribution in [0.15, 0.2) is 30.5 Å². The minimum atomic E-state index is 0.775. The van der Waals surface area contributed by atoms with Crippen LogP contribution in [-0.4, -0.2) is 29.0 Å². The molecule has 2 nitrogen and oxygen atoms in total. The molecule has 2 fully saturated rings. The third-order valence-electron chi connectivity index (χ3n) is 4.87. The van der Waals surface area contributed by atoms with Crippen LogP contribution in [0.25, 0.3) is 10.9 Å². The molecule has 94 valence electrons. The van der Waals surface area contributed by atoms with Crippen LogP contribution in [0.5, 0.6) is 0 Å². The van der Waals surface area contributed by atoms with Crippen molar-refractivity contribution in [1.29, 1.82) is 0 Å². The number of fused-ring (bicyclic) bond motifs is 2. The standard InChI is InChI=1S/C16H20N2/c1-2-15-10-14(6-9-18(15)8-1)13-4-3-12-5-7-17-16(12)11-13/h3-5,7,11,14-15,17H,1-2,6,8-10H2/t14-,15+/m1/s1. The van der Waals surface area contributed by atoms with Crippen LogP contribution in [0.3, 0.4) is 0 Å². The van der Waals surface area contributed by atoms with E-state index in [-0.39, 0.29) is 0 Å². The highest BCUT2D eigenvalue weighted by Gasteiger charge is 2.32.